The Kier molecular flexibility index (Phi) is 12.4. The molecule has 6 heterocycles. The molecule has 16 aromatic rings. The first kappa shape index (κ1) is 50.1. The summed E-state index contributed by atoms with van der Waals surface area (Å²) in [4.78, 5) is 34.7. The summed E-state index contributed by atoms with van der Waals surface area (Å²) >= 11 is 0. The molecule has 0 atom stereocenters. The molecule has 16 rings (SSSR count). The van der Waals surface area contributed by atoms with E-state index in [0.29, 0.717) is 0 Å². The van der Waals surface area contributed by atoms with Gasteiger partial charge < -0.3 is 0 Å². The Hall–Kier alpha value is -11.7. The van der Waals surface area contributed by atoms with Crippen molar-refractivity contribution in [1.29, 1.82) is 0 Å². The molecule has 6 aromatic heterocycles. The average molecular weight is 1100 g/mol. The summed E-state index contributed by atoms with van der Waals surface area (Å²) in [6, 6.07) is 94.4. The fourth-order valence-corrected chi connectivity index (χ4v) is 12.2. The highest BCUT2D eigenvalue weighted by Crippen LogP contribution is 2.40. The number of pyridine rings is 5. The van der Waals surface area contributed by atoms with E-state index in [1.165, 1.54) is 10.9 Å². The molecule has 0 aliphatic rings. The summed E-state index contributed by atoms with van der Waals surface area (Å²) in [6.07, 6.45) is 9.10. The third-order valence-electron chi connectivity index (χ3n) is 16.5. The van der Waals surface area contributed by atoms with Gasteiger partial charge in [-0.05, 0) is 151 Å². The number of aromatic nitrogens is 7. The van der Waals surface area contributed by atoms with Crippen LogP contribution < -0.4 is 0 Å². The maximum absolute atomic E-state index is 5.45. The summed E-state index contributed by atoms with van der Waals surface area (Å²) in [7, 11) is 0. The van der Waals surface area contributed by atoms with E-state index in [4.69, 9.17) is 24.9 Å². The SMILES string of the molecule is c1ccc(-c2nc3cc(-c4ccc5ccc6c(-c7cccc(-c8cccc(-c9cc(-c%10ccncc%10)nc(-c%10ccncc%10)c9)c8)c7)cccc6c5n4)ccc3nc2-c2cccc(-c3cccc(-c4cccc5c4ccc4cccnc45)c3)c2)cc1. The predicted octanol–water partition coefficient (Wildman–Crippen LogP) is 19.9. The number of nitrogens with zero attached hydrogens (tertiary/aromatic N) is 7. The maximum Gasteiger partial charge on any atom is 0.0973 e. The molecule has 86 heavy (non-hydrogen) atoms. The van der Waals surface area contributed by atoms with Crippen LogP contribution in [0.25, 0.3) is 166 Å². The number of rotatable bonds is 10. The second kappa shape index (κ2) is 21.3. The molecule has 0 amide bonds. The zero-order valence-corrected chi connectivity index (χ0v) is 46.4. The van der Waals surface area contributed by atoms with Crippen molar-refractivity contribution in [3.63, 3.8) is 0 Å². The van der Waals surface area contributed by atoms with E-state index in [2.05, 4.69) is 240 Å². The number of benzene rings is 10. The van der Waals surface area contributed by atoms with Crippen LogP contribution in [0.3, 0.4) is 0 Å². The third-order valence-corrected chi connectivity index (χ3v) is 16.5. The van der Waals surface area contributed by atoms with Crippen LogP contribution >= 0.6 is 0 Å². The second-order valence-corrected chi connectivity index (χ2v) is 21.7. The molecule has 0 bridgehead atoms. The molecule has 10 aromatic carbocycles. The highest BCUT2D eigenvalue weighted by atomic mass is 14.8. The summed E-state index contributed by atoms with van der Waals surface area (Å²) in [5.41, 5.74) is 24.0. The summed E-state index contributed by atoms with van der Waals surface area (Å²) in [6.45, 7) is 0. The zero-order valence-electron chi connectivity index (χ0n) is 46.4. The second-order valence-electron chi connectivity index (χ2n) is 21.7. The van der Waals surface area contributed by atoms with Crippen LogP contribution in [0.15, 0.2) is 298 Å². The van der Waals surface area contributed by atoms with Crippen LogP contribution in [0, 0.1) is 0 Å². The Bertz CT molecular complexity index is 5240. The van der Waals surface area contributed by atoms with Gasteiger partial charge in [0.15, 0.2) is 0 Å². The number of hydrogen-bond donors (Lipinski definition) is 0. The molecule has 400 valence electrons. The Morgan fingerprint density at radius 3 is 1.33 bits per heavy atom. The summed E-state index contributed by atoms with van der Waals surface area (Å²) < 4.78 is 0. The topological polar surface area (TPSA) is 90.2 Å². The van der Waals surface area contributed by atoms with Crippen LogP contribution in [0.1, 0.15) is 0 Å². The molecular weight excluding hydrogens is 1050 g/mol. The van der Waals surface area contributed by atoms with Gasteiger partial charge in [-0.3, -0.25) is 15.0 Å². The van der Waals surface area contributed by atoms with Crippen molar-refractivity contribution < 1.29 is 0 Å². The van der Waals surface area contributed by atoms with Gasteiger partial charge in [-0.25, -0.2) is 19.9 Å². The van der Waals surface area contributed by atoms with Crippen LogP contribution in [0.2, 0.25) is 0 Å². The van der Waals surface area contributed by atoms with Gasteiger partial charge in [-0.15, -0.1) is 0 Å². The summed E-state index contributed by atoms with van der Waals surface area (Å²) in [5.74, 6) is 0. The highest BCUT2D eigenvalue weighted by Gasteiger charge is 2.18. The van der Waals surface area contributed by atoms with Crippen LogP contribution in [0.5, 0.6) is 0 Å². The first-order valence-electron chi connectivity index (χ1n) is 28.8. The molecule has 0 saturated heterocycles. The fraction of sp³-hybridized carbons (Fsp3) is 0. The molecule has 0 saturated carbocycles. The van der Waals surface area contributed by atoms with Crippen molar-refractivity contribution in [3.05, 3.63) is 298 Å². The van der Waals surface area contributed by atoms with Crippen molar-refractivity contribution in [2.45, 2.75) is 0 Å². The van der Waals surface area contributed by atoms with Crippen molar-refractivity contribution in [2.75, 3.05) is 0 Å². The molecule has 7 nitrogen and oxygen atoms in total. The standard InChI is InChI=1S/C79H49N7/c1-2-11-52(12-3-1)78-79(63-20-7-16-58(46-63)57-15-6-18-60(45-57)65-22-8-24-69-67(65)30-26-53-21-10-38-82-76(53)69)85-72-33-29-62(47-75(72)86-78)71-32-28-54-27-31-68-66(23-9-25-70(68)77(54)84-71)61-19-5-14-56(44-61)55-13-4-17-59(43-55)64-48-73(50-34-39-80-40-35-50)83-74(49-64)51-36-41-81-42-37-51/h1-49H. The third kappa shape index (κ3) is 9.26. The molecule has 0 aliphatic carbocycles. The Morgan fingerprint density at radius 2 is 0.698 bits per heavy atom. The van der Waals surface area contributed by atoms with Gasteiger partial charge in [0.1, 0.15) is 0 Å². The normalized spacial score (nSPS) is 11.5. The van der Waals surface area contributed by atoms with E-state index in [-0.39, 0.29) is 0 Å². The minimum Gasteiger partial charge on any atom is -0.265 e. The van der Waals surface area contributed by atoms with Gasteiger partial charge in [0.2, 0.25) is 0 Å². The van der Waals surface area contributed by atoms with Gasteiger partial charge in [-0.1, -0.05) is 182 Å². The summed E-state index contributed by atoms with van der Waals surface area (Å²) in [5, 5.41) is 6.76. The molecule has 0 spiro atoms. The van der Waals surface area contributed by atoms with E-state index in [9.17, 15) is 0 Å². The van der Waals surface area contributed by atoms with Crippen molar-refractivity contribution in [3.8, 4) is 112 Å². The van der Waals surface area contributed by atoms with E-state index >= 15 is 0 Å². The smallest absolute Gasteiger partial charge is 0.0973 e. The fourth-order valence-electron chi connectivity index (χ4n) is 12.2. The van der Waals surface area contributed by atoms with Crippen LogP contribution in [-0.2, 0) is 0 Å². The van der Waals surface area contributed by atoms with Crippen molar-refractivity contribution >= 4 is 54.4 Å². The Morgan fingerprint density at radius 1 is 0.209 bits per heavy atom. The molecule has 0 fully saturated rings. The first-order valence-corrected chi connectivity index (χ1v) is 28.8. The Labute approximate surface area is 496 Å². The molecule has 0 aliphatic heterocycles. The van der Waals surface area contributed by atoms with Gasteiger partial charge in [0, 0.05) is 80.3 Å². The van der Waals surface area contributed by atoms with Gasteiger partial charge in [0.05, 0.1) is 50.5 Å². The average Bonchev–Trinajstić information content (AvgIpc) is 1.42. The minimum atomic E-state index is 0.796. The van der Waals surface area contributed by atoms with Crippen molar-refractivity contribution in [2.24, 2.45) is 0 Å². The molecule has 0 N–H and O–H groups in total. The number of hydrogen-bond acceptors (Lipinski definition) is 7. The lowest BCUT2D eigenvalue weighted by atomic mass is 9.93. The molecule has 0 unspecified atom stereocenters. The predicted molar refractivity (Wildman–Crippen MR) is 353 cm³/mol. The van der Waals surface area contributed by atoms with Crippen LogP contribution in [-0.4, -0.2) is 34.9 Å². The van der Waals surface area contributed by atoms with E-state index in [1.54, 1.807) is 0 Å². The zero-order chi connectivity index (χ0) is 56.9. The highest BCUT2D eigenvalue weighted by molar-refractivity contribution is 6.12. The van der Waals surface area contributed by atoms with E-state index in [0.717, 1.165) is 155 Å². The molecule has 0 radical (unpaired) electrons. The molecule has 7 heteroatoms. The van der Waals surface area contributed by atoms with E-state index < -0.39 is 0 Å². The van der Waals surface area contributed by atoms with Gasteiger partial charge >= 0.3 is 0 Å². The largest absolute Gasteiger partial charge is 0.265 e. The first-order chi connectivity index (χ1) is 42.6. The lowest BCUT2D eigenvalue weighted by Gasteiger charge is -2.14. The van der Waals surface area contributed by atoms with Crippen molar-refractivity contribution in [1.82, 2.24) is 34.9 Å². The Balaban J connectivity index is 0.726. The molecular formula is C79H49N7. The lowest BCUT2D eigenvalue weighted by Crippen LogP contribution is -1.96. The lowest BCUT2D eigenvalue weighted by molar-refractivity contribution is 1.27. The van der Waals surface area contributed by atoms with Gasteiger partial charge in [0.25, 0.3) is 0 Å². The minimum absolute atomic E-state index is 0.796. The van der Waals surface area contributed by atoms with Crippen LogP contribution in [0.4, 0.5) is 0 Å². The van der Waals surface area contributed by atoms with Gasteiger partial charge in [-0.2, -0.15) is 0 Å². The number of fused-ring (bicyclic) bond motifs is 7. The van der Waals surface area contributed by atoms with E-state index in [1.807, 2.05) is 67.4 Å². The monoisotopic (exact) mass is 1100 g/mol. The maximum atomic E-state index is 5.45. The quantitative estimate of drug-likeness (QED) is 0.126.